The molecule has 0 unspecified atom stereocenters. The van der Waals surface area contributed by atoms with Crippen LogP contribution >= 0.6 is 22.6 Å². The fourth-order valence-corrected chi connectivity index (χ4v) is 7.94. The van der Waals surface area contributed by atoms with Crippen LogP contribution in [-0.4, -0.2) is 5.71 Å². The first kappa shape index (κ1) is 36.6. The van der Waals surface area contributed by atoms with Crippen molar-refractivity contribution in [2.75, 3.05) is 0 Å². The van der Waals surface area contributed by atoms with Crippen LogP contribution in [0.5, 0.6) is 0 Å². The summed E-state index contributed by atoms with van der Waals surface area (Å²) in [6.07, 6.45) is 0. The van der Waals surface area contributed by atoms with Crippen molar-refractivity contribution in [1.82, 2.24) is 0 Å². The minimum atomic E-state index is 0.887. The van der Waals surface area contributed by atoms with E-state index in [0.29, 0.717) is 0 Å². The molecule has 0 bridgehead atoms. The van der Waals surface area contributed by atoms with Crippen LogP contribution in [0.25, 0.3) is 66.9 Å². The van der Waals surface area contributed by atoms with Gasteiger partial charge in [0.1, 0.15) is 0 Å². The van der Waals surface area contributed by atoms with Gasteiger partial charge in [-0.15, -0.1) is 0 Å². The van der Waals surface area contributed by atoms with Crippen molar-refractivity contribution in [2.24, 2.45) is 4.99 Å². The first-order chi connectivity index (χ1) is 27.5. The molecule has 56 heavy (non-hydrogen) atoms. The predicted molar refractivity (Wildman–Crippen MR) is 249 cm³/mol. The van der Waals surface area contributed by atoms with E-state index in [4.69, 9.17) is 11.6 Å². The smallest absolute Gasteiger partial charge is 0.0844 e. The van der Waals surface area contributed by atoms with Crippen molar-refractivity contribution in [2.45, 2.75) is 6.92 Å². The van der Waals surface area contributed by atoms with Crippen LogP contribution in [0.4, 0.5) is 0 Å². The molecule has 8 aromatic carbocycles. The summed E-state index contributed by atoms with van der Waals surface area (Å²) in [5, 5.41) is 0. The second kappa shape index (κ2) is 17.0. The van der Waals surface area contributed by atoms with Crippen molar-refractivity contribution in [3.05, 3.63) is 239 Å². The first-order valence-electron chi connectivity index (χ1n) is 18.8. The Morgan fingerprint density at radius 1 is 0.393 bits per heavy atom. The first-order valence-corrected chi connectivity index (χ1v) is 19.9. The largest absolute Gasteiger partial charge is 0.251 e. The molecule has 0 atom stereocenters. The number of halogens is 1. The van der Waals surface area contributed by atoms with Gasteiger partial charge >= 0.3 is 0 Å². The van der Waals surface area contributed by atoms with Gasteiger partial charge in [0.25, 0.3) is 0 Å². The van der Waals surface area contributed by atoms with Crippen molar-refractivity contribution < 1.29 is 0 Å². The zero-order valence-corrected chi connectivity index (χ0v) is 33.4. The van der Waals surface area contributed by atoms with Gasteiger partial charge in [0.2, 0.25) is 0 Å². The number of benzene rings is 8. The topological polar surface area (TPSA) is 12.4 Å². The highest BCUT2D eigenvalue weighted by molar-refractivity contribution is 14.1. The maximum absolute atomic E-state index is 5.45. The lowest BCUT2D eigenvalue weighted by Gasteiger charge is -2.16. The molecule has 8 rings (SSSR count). The summed E-state index contributed by atoms with van der Waals surface area (Å²) in [6, 6.07) is 75.1. The average Bonchev–Trinajstić information content (AvgIpc) is 3.28. The molecule has 0 fully saturated rings. The Kier molecular flexibility index (Phi) is 11.1. The van der Waals surface area contributed by atoms with Crippen molar-refractivity contribution in [3.8, 4) is 55.6 Å². The van der Waals surface area contributed by atoms with E-state index in [-0.39, 0.29) is 0 Å². The summed E-state index contributed by atoms with van der Waals surface area (Å²) < 4.78 is 0.992. The maximum atomic E-state index is 5.45. The third-order valence-electron chi connectivity index (χ3n) is 10.2. The number of nitrogens with zero attached hydrogens (tertiary/aromatic N) is 1. The molecule has 2 heteroatoms. The lowest BCUT2D eigenvalue weighted by atomic mass is 9.90. The van der Waals surface area contributed by atoms with Gasteiger partial charge in [-0.1, -0.05) is 207 Å². The molecule has 0 saturated heterocycles. The van der Waals surface area contributed by atoms with Gasteiger partial charge in [-0.2, -0.15) is 0 Å². The second-order valence-corrected chi connectivity index (χ2v) is 14.8. The molecular formula is C54H40IN. The number of hydrogen-bond acceptors (Lipinski definition) is 1. The lowest BCUT2D eigenvalue weighted by molar-refractivity contribution is 1.46. The van der Waals surface area contributed by atoms with Gasteiger partial charge in [0, 0.05) is 20.4 Å². The van der Waals surface area contributed by atoms with Gasteiger partial charge in [0.05, 0.1) is 5.70 Å². The standard InChI is InChI=1S/C54H40IN/c1-38(46-26-17-27-48(36-46)51-35-34-47(41-20-9-4-10-21-41)37-52(51)44-24-13-6-14-25-44)53(55)54(45-32-30-42(31-33-45)40-18-7-3-8-19-40)56-39(2)49-28-15-16-29-50(49)43-22-11-5-12-23-43/h3-37H,1H2,2H3/b54-53+,56-39?. The predicted octanol–water partition coefficient (Wildman–Crippen LogP) is 15.3. The molecule has 0 amide bonds. The Bertz CT molecular complexity index is 2680. The molecule has 0 aliphatic carbocycles. The third kappa shape index (κ3) is 8.02. The number of allylic oxidation sites excluding steroid dienone is 2. The lowest BCUT2D eigenvalue weighted by Crippen LogP contribution is -2.00. The SMILES string of the molecule is C=C(/C(I)=C(\N=C(C)c1ccccc1-c1ccccc1)c1ccc(-c2ccccc2)cc1)c1cccc(-c2ccc(-c3ccccc3)cc2-c2ccccc2)c1. The van der Waals surface area contributed by atoms with Crippen molar-refractivity contribution in [3.63, 3.8) is 0 Å². The Morgan fingerprint density at radius 3 is 1.50 bits per heavy atom. The highest BCUT2D eigenvalue weighted by atomic mass is 127. The van der Waals surface area contributed by atoms with E-state index in [2.05, 4.69) is 242 Å². The third-order valence-corrected chi connectivity index (χ3v) is 11.3. The minimum Gasteiger partial charge on any atom is -0.251 e. The van der Waals surface area contributed by atoms with Crippen molar-refractivity contribution in [1.29, 1.82) is 0 Å². The van der Waals surface area contributed by atoms with Crippen molar-refractivity contribution >= 4 is 39.6 Å². The van der Waals surface area contributed by atoms with E-state index >= 15 is 0 Å². The summed E-state index contributed by atoms with van der Waals surface area (Å²) in [5.41, 5.74) is 17.7. The van der Waals surface area contributed by atoms with E-state index < -0.39 is 0 Å². The van der Waals surface area contributed by atoms with Crippen LogP contribution in [-0.2, 0) is 0 Å². The van der Waals surface area contributed by atoms with Gasteiger partial charge in [0.15, 0.2) is 0 Å². The van der Waals surface area contributed by atoms with Gasteiger partial charge in [-0.25, -0.2) is 0 Å². The van der Waals surface area contributed by atoms with Crippen LogP contribution < -0.4 is 0 Å². The van der Waals surface area contributed by atoms with E-state index in [9.17, 15) is 0 Å². The Hall–Kier alpha value is -6.36. The molecular weight excluding hydrogens is 790 g/mol. The molecule has 1 nitrogen and oxygen atoms in total. The highest BCUT2D eigenvalue weighted by Crippen LogP contribution is 2.40. The van der Waals surface area contributed by atoms with Gasteiger partial charge < -0.3 is 0 Å². The van der Waals surface area contributed by atoms with E-state index in [1.54, 1.807) is 0 Å². The summed E-state index contributed by atoms with van der Waals surface area (Å²) >= 11 is 2.46. The quantitative estimate of drug-likeness (QED) is 0.0740. The summed E-state index contributed by atoms with van der Waals surface area (Å²) in [4.78, 5) is 5.45. The second-order valence-electron chi connectivity index (χ2n) is 13.8. The fraction of sp³-hybridized carbons (Fsp3) is 0.0185. The van der Waals surface area contributed by atoms with Crippen LogP contribution in [0, 0.1) is 0 Å². The zero-order chi connectivity index (χ0) is 38.3. The average molecular weight is 830 g/mol. The number of rotatable bonds is 10. The van der Waals surface area contributed by atoms with Crippen LogP contribution in [0.1, 0.15) is 23.6 Å². The normalized spacial score (nSPS) is 11.9. The van der Waals surface area contributed by atoms with E-state index in [1.807, 2.05) is 0 Å². The highest BCUT2D eigenvalue weighted by Gasteiger charge is 2.17. The van der Waals surface area contributed by atoms with Crippen LogP contribution in [0.2, 0.25) is 0 Å². The monoisotopic (exact) mass is 829 g/mol. The molecule has 0 heterocycles. The molecule has 0 N–H and O–H groups in total. The maximum Gasteiger partial charge on any atom is 0.0844 e. The Balaban J connectivity index is 1.23. The van der Waals surface area contributed by atoms with E-state index in [0.717, 1.165) is 59.5 Å². The molecule has 0 aliphatic rings. The van der Waals surface area contributed by atoms with Crippen LogP contribution in [0.15, 0.2) is 227 Å². The zero-order valence-electron chi connectivity index (χ0n) is 31.2. The Morgan fingerprint density at radius 2 is 0.875 bits per heavy atom. The molecule has 268 valence electrons. The Labute approximate surface area is 344 Å². The minimum absolute atomic E-state index is 0.887. The molecule has 0 aromatic heterocycles. The summed E-state index contributed by atoms with van der Waals surface area (Å²) in [7, 11) is 0. The fourth-order valence-electron chi connectivity index (χ4n) is 7.19. The molecule has 0 radical (unpaired) electrons. The molecule has 0 spiro atoms. The van der Waals surface area contributed by atoms with Gasteiger partial charge in [-0.05, 0) is 108 Å². The molecule has 0 saturated carbocycles. The molecule has 8 aromatic rings. The van der Waals surface area contributed by atoms with Crippen LogP contribution in [0.3, 0.4) is 0 Å². The number of aliphatic imine (C=N–C) groups is 1. The van der Waals surface area contributed by atoms with E-state index in [1.165, 1.54) is 33.4 Å². The summed E-state index contributed by atoms with van der Waals surface area (Å²) in [5.74, 6) is 0. The van der Waals surface area contributed by atoms with Gasteiger partial charge in [-0.3, -0.25) is 4.99 Å². The summed E-state index contributed by atoms with van der Waals surface area (Å²) in [6.45, 7) is 6.82. The number of hydrogen-bond donors (Lipinski definition) is 0. The molecule has 0 aliphatic heterocycles.